The van der Waals surface area contributed by atoms with Crippen molar-refractivity contribution in [2.75, 3.05) is 5.73 Å². The summed E-state index contributed by atoms with van der Waals surface area (Å²) in [5.41, 5.74) is 8.97. The van der Waals surface area contributed by atoms with Crippen molar-refractivity contribution in [3.8, 4) is 11.3 Å². The molecule has 0 amide bonds. The lowest BCUT2D eigenvalue weighted by Gasteiger charge is -2.12. The van der Waals surface area contributed by atoms with E-state index in [9.17, 15) is 0 Å². The van der Waals surface area contributed by atoms with Gasteiger partial charge in [-0.2, -0.15) is 5.10 Å². The first kappa shape index (κ1) is 13.0. The molecule has 2 aliphatic rings. The first-order valence-corrected chi connectivity index (χ1v) is 8.30. The highest BCUT2D eigenvalue weighted by Crippen LogP contribution is 2.65. The van der Waals surface area contributed by atoms with Crippen LogP contribution in [0.15, 0.2) is 36.7 Å². The number of anilines is 1. The van der Waals surface area contributed by atoms with Crippen molar-refractivity contribution in [3.63, 3.8) is 0 Å². The largest absolute Gasteiger partial charge is 0.383 e. The highest BCUT2D eigenvalue weighted by atomic mass is 15.3. The van der Waals surface area contributed by atoms with Gasteiger partial charge in [0.25, 0.3) is 0 Å². The van der Waals surface area contributed by atoms with E-state index < -0.39 is 0 Å². The Morgan fingerprint density at radius 2 is 1.87 bits per heavy atom. The van der Waals surface area contributed by atoms with Crippen molar-refractivity contribution in [3.05, 3.63) is 36.7 Å². The summed E-state index contributed by atoms with van der Waals surface area (Å²) in [6, 6.07) is 10.5. The Morgan fingerprint density at radius 3 is 2.57 bits per heavy atom. The lowest BCUT2D eigenvalue weighted by Crippen LogP contribution is -2.11. The number of rotatable bonds is 3. The van der Waals surface area contributed by atoms with E-state index in [2.05, 4.69) is 33.7 Å². The molecule has 0 bridgehead atoms. The van der Waals surface area contributed by atoms with Crippen LogP contribution in [0.2, 0.25) is 0 Å². The fraction of sp³-hybridized carbons (Fsp3) is 0.389. The van der Waals surface area contributed by atoms with Gasteiger partial charge >= 0.3 is 0 Å². The molecule has 2 heterocycles. The summed E-state index contributed by atoms with van der Waals surface area (Å²) in [5.74, 6) is 3.07. The first-order valence-electron chi connectivity index (χ1n) is 8.30. The third-order valence-corrected chi connectivity index (χ3v) is 5.74. The Morgan fingerprint density at radius 1 is 1.13 bits per heavy atom. The molecule has 0 spiro atoms. The smallest absolute Gasteiger partial charge is 0.164 e. The van der Waals surface area contributed by atoms with Crippen LogP contribution in [-0.4, -0.2) is 19.7 Å². The first-order chi connectivity index (χ1) is 11.3. The molecule has 2 fully saturated rings. The van der Waals surface area contributed by atoms with Gasteiger partial charge in [-0.3, -0.25) is 0 Å². The standard InChI is InChI=1S/C18H19N5/c1-10(14-12-7-8-13(12)14)23-18-15(17(19)20-9-21-18)16(22-23)11-5-3-2-4-6-11/h2-6,9-10,12-14H,7-8H2,1H3,(H2,19,20,21). The molecule has 2 aromatic heterocycles. The summed E-state index contributed by atoms with van der Waals surface area (Å²) < 4.78 is 2.08. The van der Waals surface area contributed by atoms with E-state index in [0.717, 1.165) is 40.0 Å². The minimum atomic E-state index is 0.363. The summed E-state index contributed by atoms with van der Waals surface area (Å²) in [7, 11) is 0. The molecule has 3 atom stereocenters. The van der Waals surface area contributed by atoms with Gasteiger partial charge in [-0.15, -0.1) is 0 Å². The van der Waals surface area contributed by atoms with Gasteiger partial charge in [0.15, 0.2) is 5.65 Å². The Hall–Kier alpha value is -2.43. The van der Waals surface area contributed by atoms with Crippen LogP contribution in [0, 0.1) is 17.8 Å². The van der Waals surface area contributed by atoms with Crippen LogP contribution in [-0.2, 0) is 0 Å². The normalized spacial score (nSPS) is 26.6. The van der Waals surface area contributed by atoms with Crippen molar-refractivity contribution >= 4 is 16.9 Å². The fourth-order valence-corrected chi connectivity index (χ4v) is 4.37. The van der Waals surface area contributed by atoms with Crippen LogP contribution < -0.4 is 5.73 Å². The molecular weight excluding hydrogens is 286 g/mol. The van der Waals surface area contributed by atoms with Crippen LogP contribution >= 0.6 is 0 Å². The molecule has 3 unspecified atom stereocenters. The molecule has 2 N–H and O–H groups in total. The van der Waals surface area contributed by atoms with E-state index >= 15 is 0 Å². The summed E-state index contributed by atoms with van der Waals surface area (Å²) in [5, 5.41) is 5.79. The average molecular weight is 305 g/mol. The third-order valence-electron chi connectivity index (χ3n) is 5.74. The second-order valence-electron chi connectivity index (χ2n) is 6.84. The molecule has 23 heavy (non-hydrogen) atoms. The molecule has 2 saturated carbocycles. The van der Waals surface area contributed by atoms with E-state index in [0.29, 0.717) is 11.9 Å². The highest BCUT2D eigenvalue weighted by Gasteiger charge is 2.59. The lowest BCUT2D eigenvalue weighted by molar-refractivity contribution is 0.432. The molecule has 3 aromatic rings. The van der Waals surface area contributed by atoms with Gasteiger partial charge in [-0.25, -0.2) is 14.6 Å². The predicted octanol–water partition coefficient (Wildman–Crippen LogP) is 3.29. The van der Waals surface area contributed by atoms with Crippen LogP contribution in [0.4, 0.5) is 5.82 Å². The van der Waals surface area contributed by atoms with Gasteiger partial charge in [0.2, 0.25) is 0 Å². The number of fused-ring (bicyclic) bond motifs is 2. The van der Waals surface area contributed by atoms with E-state index in [1.807, 2.05) is 18.2 Å². The van der Waals surface area contributed by atoms with Crippen LogP contribution in [0.25, 0.3) is 22.3 Å². The van der Waals surface area contributed by atoms with Gasteiger partial charge < -0.3 is 5.73 Å². The van der Waals surface area contributed by atoms with E-state index in [1.54, 1.807) is 6.33 Å². The molecule has 5 nitrogen and oxygen atoms in total. The molecule has 116 valence electrons. The number of nitrogens with two attached hydrogens (primary N) is 1. The fourth-order valence-electron chi connectivity index (χ4n) is 4.37. The number of nitrogen functional groups attached to an aromatic ring is 1. The Balaban J connectivity index is 1.70. The lowest BCUT2D eigenvalue weighted by atomic mass is 10.0. The summed E-state index contributed by atoms with van der Waals surface area (Å²) in [6.45, 7) is 2.27. The molecule has 0 saturated heterocycles. The second-order valence-corrected chi connectivity index (χ2v) is 6.84. The summed E-state index contributed by atoms with van der Waals surface area (Å²) in [6.07, 6.45) is 4.29. The van der Waals surface area contributed by atoms with E-state index in [-0.39, 0.29) is 0 Å². The zero-order chi connectivity index (χ0) is 15.6. The van der Waals surface area contributed by atoms with Crippen molar-refractivity contribution in [2.24, 2.45) is 17.8 Å². The van der Waals surface area contributed by atoms with Crippen molar-refractivity contribution in [1.29, 1.82) is 0 Å². The van der Waals surface area contributed by atoms with Crippen molar-refractivity contribution in [1.82, 2.24) is 19.7 Å². The second kappa shape index (κ2) is 4.54. The van der Waals surface area contributed by atoms with Crippen LogP contribution in [0.3, 0.4) is 0 Å². The van der Waals surface area contributed by atoms with Crippen LogP contribution in [0.1, 0.15) is 25.8 Å². The quantitative estimate of drug-likeness (QED) is 0.806. The summed E-state index contributed by atoms with van der Waals surface area (Å²) >= 11 is 0. The van der Waals surface area contributed by atoms with Crippen molar-refractivity contribution < 1.29 is 0 Å². The van der Waals surface area contributed by atoms with Gasteiger partial charge in [0.05, 0.1) is 11.4 Å². The van der Waals surface area contributed by atoms with Crippen LogP contribution in [0.5, 0.6) is 0 Å². The predicted molar refractivity (Wildman–Crippen MR) is 89.6 cm³/mol. The van der Waals surface area contributed by atoms with E-state index in [4.69, 9.17) is 10.8 Å². The highest BCUT2D eigenvalue weighted by molar-refractivity contribution is 5.98. The van der Waals surface area contributed by atoms with Crippen molar-refractivity contribution in [2.45, 2.75) is 25.8 Å². The van der Waals surface area contributed by atoms with Gasteiger partial charge in [0.1, 0.15) is 17.8 Å². The zero-order valence-corrected chi connectivity index (χ0v) is 13.1. The SMILES string of the molecule is CC(C1C2CCC21)n1nc(-c2ccccc2)c2c(N)ncnc21. The number of benzene rings is 1. The third kappa shape index (κ3) is 1.76. The molecular formula is C18H19N5. The maximum atomic E-state index is 6.16. The number of nitrogens with zero attached hydrogens (tertiary/aromatic N) is 4. The molecule has 5 rings (SSSR count). The Kier molecular flexibility index (Phi) is 2.57. The molecule has 0 aliphatic heterocycles. The molecule has 1 aromatic carbocycles. The summed E-state index contributed by atoms with van der Waals surface area (Å²) in [4.78, 5) is 8.68. The number of hydrogen-bond donors (Lipinski definition) is 1. The Labute approximate surface area is 134 Å². The van der Waals surface area contributed by atoms with Gasteiger partial charge in [-0.05, 0) is 37.5 Å². The van der Waals surface area contributed by atoms with Gasteiger partial charge in [0, 0.05) is 5.56 Å². The zero-order valence-electron chi connectivity index (χ0n) is 13.1. The number of aromatic nitrogens is 4. The monoisotopic (exact) mass is 305 g/mol. The molecule has 5 heteroatoms. The molecule has 0 radical (unpaired) electrons. The Bertz CT molecular complexity index is 875. The average Bonchev–Trinajstić information content (AvgIpc) is 2.92. The topological polar surface area (TPSA) is 69.6 Å². The minimum absolute atomic E-state index is 0.363. The maximum absolute atomic E-state index is 6.16. The molecule has 2 aliphatic carbocycles. The van der Waals surface area contributed by atoms with E-state index in [1.165, 1.54) is 12.8 Å². The maximum Gasteiger partial charge on any atom is 0.164 e. The minimum Gasteiger partial charge on any atom is -0.383 e. The van der Waals surface area contributed by atoms with Gasteiger partial charge in [-0.1, -0.05) is 30.3 Å². The number of hydrogen-bond acceptors (Lipinski definition) is 4.